The summed E-state index contributed by atoms with van der Waals surface area (Å²) in [4.78, 5) is 17.5. The lowest BCUT2D eigenvalue weighted by atomic mass is 10.1. The summed E-state index contributed by atoms with van der Waals surface area (Å²) in [6.45, 7) is 12.4. The van der Waals surface area contributed by atoms with Crippen molar-refractivity contribution in [3.8, 4) is 0 Å². The van der Waals surface area contributed by atoms with Crippen LogP contribution in [0.4, 0.5) is 5.82 Å². The van der Waals surface area contributed by atoms with Gasteiger partial charge >= 0.3 is 0 Å². The fourth-order valence-corrected chi connectivity index (χ4v) is 5.01. The molecule has 25 heavy (non-hydrogen) atoms. The monoisotopic (exact) mass is 360 g/mol. The van der Waals surface area contributed by atoms with E-state index < -0.39 is 0 Å². The second-order valence-electron chi connectivity index (χ2n) is 7.24. The number of rotatable bonds is 4. The minimum atomic E-state index is 0.408. The minimum Gasteiger partial charge on any atom is -0.377 e. The first-order chi connectivity index (χ1) is 12.2. The molecule has 2 aliphatic rings. The van der Waals surface area contributed by atoms with Crippen LogP contribution in [0, 0.1) is 13.8 Å². The fourth-order valence-electron chi connectivity index (χ4n) is 3.96. The topological polar surface area (TPSA) is 41.5 Å². The molecular formula is C19H28N4OS. The summed E-state index contributed by atoms with van der Waals surface area (Å²) in [7, 11) is 0. The van der Waals surface area contributed by atoms with Crippen LogP contribution in [0.2, 0.25) is 0 Å². The van der Waals surface area contributed by atoms with Gasteiger partial charge in [-0.05, 0) is 51.8 Å². The van der Waals surface area contributed by atoms with E-state index in [9.17, 15) is 0 Å². The third kappa shape index (κ3) is 3.27. The first kappa shape index (κ1) is 17.2. The predicted octanol–water partition coefficient (Wildman–Crippen LogP) is 3.52. The van der Waals surface area contributed by atoms with Gasteiger partial charge in [-0.1, -0.05) is 6.92 Å². The van der Waals surface area contributed by atoms with E-state index in [2.05, 4.69) is 30.6 Å². The van der Waals surface area contributed by atoms with Crippen LogP contribution in [0.5, 0.6) is 0 Å². The number of fused-ring (bicyclic) bond motifs is 1. The molecule has 2 aromatic rings. The number of likely N-dealkylation sites (tertiary alicyclic amines) is 1. The van der Waals surface area contributed by atoms with Crippen molar-refractivity contribution in [1.82, 2.24) is 14.9 Å². The van der Waals surface area contributed by atoms with Gasteiger partial charge in [-0.3, -0.25) is 4.90 Å². The zero-order valence-electron chi connectivity index (χ0n) is 15.5. The van der Waals surface area contributed by atoms with Crippen molar-refractivity contribution in [3.05, 3.63) is 16.3 Å². The van der Waals surface area contributed by atoms with Gasteiger partial charge in [0.25, 0.3) is 0 Å². The van der Waals surface area contributed by atoms with E-state index in [-0.39, 0.29) is 0 Å². The Bertz CT molecular complexity index is 753. The van der Waals surface area contributed by atoms with Crippen LogP contribution in [-0.4, -0.2) is 53.8 Å². The van der Waals surface area contributed by atoms with E-state index in [1.807, 2.05) is 11.3 Å². The van der Waals surface area contributed by atoms with Crippen LogP contribution in [0.1, 0.15) is 42.5 Å². The van der Waals surface area contributed by atoms with E-state index >= 15 is 0 Å². The highest BCUT2D eigenvalue weighted by atomic mass is 32.1. The van der Waals surface area contributed by atoms with Gasteiger partial charge in [0.05, 0.1) is 31.2 Å². The first-order valence-electron chi connectivity index (χ1n) is 9.50. The molecule has 2 aliphatic heterocycles. The van der Waals surface area contributed by atoms with Crippen molar-refractivity contribution in [2.24, 2.45) is 0 Å². The molecule has 0 saturated carbocycles. The molecule has 0 N–H and O–H groups in total. The van der Waals surface area contributed by atoms with Gasteiger partial charge in [0, 0.05) is 11.4 Å². The highest BCUT2D eigenvalue weighted by Gasteiger charge is 2.27. The first-order valence-corrected chi connectivity index (χ1v) is 10.3. The standard InChI is InChI=1S/C19H28N4OS/c1-4-15-12-24-10-9-23(15)18-17-13(2)14(3)25-19(17)21-16(20-18)11-22-7-5-6-8-22/h15H,4-12H2,1-3H3. The molecule has 0 amide bonds. The summed E-state index contributed by atoms with van der Waals surface area (Å²) in [5.41, 5.74) is 1.34. The quantitative estimate of drug-likeness (QED) is 0.834. The summed E-state index contributed by atoms with van der Waals surface area (Å²) in [5.74, 6) is 2.11. The fraction of sp³-hybridized carbons (Fsp3) is 0.684. The molecule has 2 saturated heterocycles. The zero-order valence-corrected chi connectivity index (χ0v) is 16.4. The summed E-state index contributed by atoms with van der Waals surface area (Å²) < 4.78 is 5.72. The van der Waals surface area contributed by atoms with Gasteiger partial charge in [0.2, 0.25) is 0 Å². The molecule has 2 fully saturated rings. The maximum Gasteiger partial charge on any atom is 0.146 e. The Hall–Kier alpha value is -1.24. The van der Waals surface area contributed by atoms with Gasteiger partial charge in [-0.25, -0.2) is 9.97 Å². The zero-order chi connectivity index (χ0) is 17.4. The number of aromatic nitrogens is 2. The summed E-state index contributed by atoms with van der Waals surface area (Å²) in [6.07, 6.45) is 3.68. The van der Waals surface area contributed by atoms with E-state index in [1.54, 1.807) is 0 Å². The van der Waals surface area contributed by atoms with Gasteiger partial charge in [0.15, 0.2) is 0 Å². The molecule has 0 radical (unpaired) electrons. The summed E-state index contributed by atoms with van der Waals surface area (Å²) in [6, 6.07) is 0.408. The minimum absolute atomic E-state index is 0.408. The third-order valence-corrected chi connectivity index (χ3v) is 6.69. The Kier molecular flexibility index (Phi) is 4.93. The van der Waals surface area contributed by atoms with E-state index in [0.29, 0.717) is 6.04 Å². The molecule has 4 heterocycles. The van der Waals surface area contributed by atoms with Crippen molar-refractivity contribution in [3.63, 3.8) is 0 Å². The van der Waals surface area contributed by atoms with Crippen molar-refractivity contribution >= 4 is 27.4 Å². The number of nitrogens with zero attached hydrogens (tertiary/aromatic N) is 4. The largest absolute Gasteiger partial charge is 0.377 e. The lowest BCUT2D eigenvalue weighted by Crippen LogP contribution is -2.45. The number of hydrogen-bond acceptors (Lipinski definition) is 6. The molecule has 0 aromatic carbocycles. The van der Waals surface area contributed by atoms with Crippen LogP contribution in [0.15, 0.2) is 0 Å². The van der Waals surface area contributed by atoms with Crippen LogP contribution in [0.3, 0.4) is 0 Å². The number of morpholine rings is 1. The predicted molar refractivity (Wildman–Crippen MR) is 104 cm³/mol. The van der Waals surface area contributed by atoms with Crippen LogP contribution in [0.25, 0.3) is 10.2 Å². The molecule has 0 spiro atoms. The second-order valence-corrected chi connectivity index (χ2v) is 8.44. The SMILES string of the molecule is CCC1COCCN1c1nc(CN2CCCC2)nc2sc(C)c(C)c12. The third-order valence-electron chi connectivity index (χ3n) is 5.59. The number of thiophene rings is 1. The van der Waals surface area contributed by atoms with E-state index in [0.717, 1.165) is 49.2 Å². The Labute approximate surface area is 154 Å². The highest BCUT2D eigenvalue weighted by molar-refractivity contribution is 7.18. The van der Waals surface area contributed by atoms with Gasteiger partial charge in [-0.15, -0.1) is 11.3 Å². The molecule has 0 aliphatic carbocycles. The molecule has 6 heteroatoms. The molecule has 136 valence electrons. The van der Waals surface area contributed by atoms with Gasteiger partial charge < -0.3 is 9.64 Å². The Balaban J connectivity index is 1.78. The lowest BCUT2D eigenvalue weighted by molar-refractivity contribution is 0.0927. The molecule has 2 aromatic heterocycles. The number of aryl methyl sites for hydroxylation is 2. The molecule has 0 bridgehead atoms. The Morgan fingerprint density at radius 1 is 1.16 bits per heavy atom. The second kappa shape index (κ2) is 7.17. The van der Waals surface area contributed by atoms with E-state index in [1.165, 1.54) is 41.8 Å². The van der Waals surface area contributed by atoms with Crippen molar-refractivity contribution in [2.45, 2.75) is 52.6 Å². The van der Waals surface area contributed by atoms with Gasteiger partial charge in [-0.2, -0.15) is 0 Å². The maximum atomic E-state index is 5.72. The molecule has 5 nitrogen and oxygen atoms in total. The van der Waals surface area contributed by atoms with Gasteiger partial charge in [0.1, 0.15) is 16.5 Å². The van der Waals surface area contributed by atoms with Crippen LogP contribution in [-0.2, 0) is 11.3 Å². The van der Waals surface area contributed by atoms with Crippen molar-refractivity contribution < 1.29 is 4.74 Å². The van der Waals surface area contributed by atoms with Crippen LogP contribution < -0.4 is 4.90 Å². The number of ether oxygens (including phenoxy) is 1. The molecule has 4 rings (SSSR count). The molecular weight excluding hydrogens is 332 g/mol. The smallest absolute Gasteiger partial charge is 0.146 e. The van der Waals surface area contributed by atoms with Crippen molar-refractivity contribution in [2.75, 3.05) is 37.7 Å². The summed E-state index contributed by atoms with van der Waals surface area (Å²) in [5, 5.41) is 1.26. The Morgan fingerprint density at radius 2 is 1.96 bits per heavy atom. The normalized spacial score (nSPS) is 22.2. The van der Waals surface area contributed by atoms with Crippen LogP contribution >= 0.6 is 11.3 Å². The average Bonchev–Trinajstić information content (AvgIpc) is 3.23. The maximum absolute atomic E-state index is 5.72. The Morgan fingerprint density at radius 3 is 2.72 bits per heavy atom. The molecule has 1 atom stereocenters. The molecule has 1 unspecified atom stereocenters. The average molecular weight is 361 g/mol. The number of anilines is 1. The van der Waals surface area contributed by atoms with E-state index in [4.69, 9.17) is 14.7 Å². The highest BCUT2D eigenvalue weighted by Crippen LogP contribution is 2.36. The number of hydrogen-bond donors (Lipinski definition) is 0. The van der Waals surface area contributed by atoms with Crippen molar-refractivity contribution in [1.29, 1.82) is 0 Å². The summed E-state index contributed by atoms with van der Waals surface area (Å²) >= 11 is 1.81. The lowest BCUT2D eigenvalue weighted by Gasteiger charge is -2.36.